The van der Waals surface area contributed by atoms with Gasteiger partial charge in [0, 0.05) is 53.9 Å². The Morgan fingerprint density at radius 1 is 0.773 bits per heavy atom. The van der Waals surface area contributed by atoms with Gasteiger partial charge in [0.2, 0.25) is 0 Å². The van der Waals surface area contributed by atoms with Crippen LogP contribution in [0.1, 0.15) is 0 Å². The third kappa shape index (κ3) is 5.46. The summed E-state index contributed by atoms with van der Waals surface area (Å²) in [6.07, 6.45) is -0.504. The summed E-state index contributed by atoms with van der Waals surface area (Å²) >= 11 is 0. The second-order valence-corrected chi connectivity index (χ2v) is 5.08. The molecule has 0 atom stereocenters. The van der Waals surface area contributed by atoms with Gasteiger partial charge >= 0.3 is 0 Å². The van der Waals surface area contributed by atoms with Crippen molar-refractivity contribution in [1.82, 2.24) is 0 Å². The van der Waals surface area contributed by atoms with E-state index in [-0.39, 0.29) is 12.6 Å². The minimum absolute atomic E-state index is 0.252. The second-order valence-electron chi connectivity index (χ2n) is 5.08. The van der Waals surface area contributed by atoms with Crippen LogP contribution in [-0.4, -0.2) is 68.2 Å². The molecule has 1 aromatic rings. The summed E-state index contributed by atoms with van der Waals surface area (Å²) in [6, 6.07) is 8.26. The molecule has 0 heterocycles. The normalized spacial score (nSPS) is 11.3. The minimum Gasteiger partial charge on any atom is -0.369 e. The van der Waals surface area contributed by atoms with E-state index in [9.17, 15) is 0 Å². The zero-order valence-corrected chi connectivity index (χ0v) is 14.4. The predicted octanol–water partition coefficient (Wildman–Crippen LogP) is 1.80. The molecule has 0 radical (unpaired) electrons. The molecule has 0 aromatic heterocycles. The Balaban J connectivity index is 2.76. The van der Waals surface area contributed by atoms with Crippen LogP contribution in [0.25, 0.3) is 0 Å². The van der Waals surface area contributed by atoms with Crippen molar-refractivity contribution in [3.63, 3.8) is 0 Å². The zero-order chi connectivity index (χ0) is 16.5. The lowest BCUT2D eigenvalue weighted by Crippen LogP contribution is -2.33. The highest BCUT2D eigenvalue weighted by Crippen LogP contribution is 2.22. The number of likely N-dealkylation sites (N-methyl/N-ethyl adjacent to an activating group) is 2. The first-order chi connectivity index (χ1) is 10.5. The van der Waals surface area contributed by atoms with E-state index in [4.69, 9.17) is 18.9 Å². The summed E-state index contributed by atoms with van der Waals surface area (Å²) in [5.74, 6) is 0. The number of hydrogen-bond donors (Lipinski definition) is 0. The van der Waals surface area contributed by atoms with Crippen LogP contribution < -0.4 is 9.80 Å². The molecule has 0 saturated heterocycles. The lowest BCUT2D eigenvalue weighted by molar-refractivity contribution is -0.0944. The Labute approximate surface area is 133 Å². The maximum Gasteiger partial charge on any atom is 0.174 e. The molecule has 0 aliphatic rings. The van der Waals surface area contributed by atoms with Crippen LogP contribution in [0.5, 0.6) is 0 Å². The third-order valence-electron chi connectivity index (χ3n) is 3.61. The predicted molar refractivity (Wildman–Crippen MR) is 88.6 cm³/mol. The molecule has 0 N–H and O–H groups in total. The van der Waals surface area contributed by atoms with Crippen molar-refractivity contribution in [3.05, 3.63) is 24.3 Å². The Hall–Kier alpha value is -1.34. The van der Waals surface area contributed by atoms with Gasteiger partial charge in [0.05, 0.1) is 13.1 Å². The van der Waals surface area contributed by atoms with E-state index in [0.29, 0.717) is 13.1 Å². The monoisotopic (exact) mass is 312 g/mol. The van der Waals surface area contributed by atoms with Gasteiger partial charge in [0.25, 0.3) is 0 Å². The molecule has 0 bridgehead atoms. The maximum atomic E-state index is 5.24. The summed E-state index contributed by atoms with van der Waals surface area (Å²) in [5, 5.41) is 0. The minimum atomic E-state index is -0.252. The average molecular weight is 312 g/mol. The van der Waals surface area contributed by atoms with Crippen LogP contribution in [-0.2, 0) is 18.9 Å². The molecule has 0 aliphatic carbocycles. The molecule has 0 spiro atoms. The first kappa shape index (κ1) is 18.7. The summed E-state index contributed by atoms with van der Waals surface area (Å²) in [7, 11) is 10.6. The van der Waals surface area contributed by atoms with E-state index in [1.807, 2.05) is 20.2 Å². The van der Waals surface area contributed by atoms with E-state index in [1.54, 1.807) is 28.4 Å². The van der Waals surface area contributed by atoms with Crippen LogP contribution >= 0.6 is 0 Å². The number of anilines is 2. The SMILES string of the molecule is COC(CN(C)c1cccc(N(C)CC(OC)OC)c1)OC. The molecular weight excluding hydrogens is 284 g/mol. The fourth-order valence-electron chi connectivity index (χ4n) is 2.12. The topological polar surface area (TPSA) is 43.4 Å². The van der Waals surface area contributed by atoms with Crippen molar-refractivity contribution < 1.29 is 18.9 Å². The van der Waals surface area contributed by atoms with Crippen molar-refractivity contribution in [2.75, 3.05) is 65.4 Å². The van der Waals surface area contributed by atoms with Crippen LogP contribution in [0.15, 0.2) is 24.3 Å². The molecule has 0 unspecified atom stereocenters. The van der Waals surface area contributed by atoms with Crippen LogP contribution in [0.4, 0.5) is 11.4 Å². The highest BCUT2D eigenvalue weighted by molar-refractivity contribution is 5.58. The van der Waals surface area contributed by atoms with Crippen LogP contribution in [0, 0.1) is 0 Å². The van der Waals surface area contributed by atoms with Crippen molar-refractivity contribution in [2.45, 2.75) is 12.6 Å². The fourth-order valence-corrected chi connectivity index (χ4v) is 2.12. The highest BCUT2D eigenvalue weighted by atomic mass is 16.7. The Morgan fingerprint density at radius 2 is 1.14 bits per heavy atom. The lowest BCUT2D eigenvalue weighted by Gasteiger charge is -2.27. The second kappa shape index (κ2) is 9.63. The molecular formula is C16H28N2O4. The summed E-state index contributed by atoms with van der Waals surface area (Å²) < 4.78 is 21.0. The van der Waals surface area contributed by atoms with Gasteiger partial charge in [-0.15, -0.1) is 0 Å². The average Bonchev–Trinajstić information content (AvgIpc) is 2.57. The zero-order valence-electron chi connectivity index (χ0n) is 14.4. The molecule has 0 aliphatic heterocycles. The fraction of sp³-hybridized carbons (Fsp3) is 0.625. The van der Waals surface area contributed by atoms with Crippen molar-refractivity contribution in [2.24, 2.45) is 0 Å². The number of rotatable bonds is 10. The first-order valence-electron chi connectivity index (χ1n) is 7.19. The van der Waals surface area contributed by atoms with Gasteiger partial charge in [0.15, 0.2) is 12.6 Å². The third-order valence-corrected chi connectivity index (χ3v) is 3.61. The largest absolute Gasteiger partial charge is 0.369 e. The van der Waals surface area contributed by atoms with Gasteiger partial charge in [0.1, 0.15) is 0 Å². The highest BCUT2D eigenvalue weighted by Gasteiger charge is 2.13. The molecule has 22 heavy (non-hydrogen) atoms. The van der Waals surface area contributed by atoms with Gasteiger partial charge in [-0.2, -0.15) is 0 Å². The molecule has 0 amide bonds. The van der Waals surface area contributed by atoms with Gasteiger partial charge in [-0.1, -0.05) is 6.07 Å². The number of ether oxygens (including phenoxy) is 4. The number of nitrogens with zero attached hydrogens (tertiary/aromatic N) is 2. The summed E-state index contributed by atoms with van der Waals surface area (Å²) in [5.41, 5.74) is 2.18. The Bertz CT molecular complexity index is 387. The Morgan fingerprint density at radius 3 is 1.45 bits per heavy atom. The van der Waals surface area contributed by atoms with Crippen molar-refractivity contribution in [3.8, 4) is 0 Å². The molecule has 0 fully saturated rings. The van der Waals surface area contributed by atoms with E-state index in [0.717, 1.165) is 11.4 Å². The number of methoxy groups -OCH3 is 4. The Kier molecular flexibility index (Phi) is 8.19. The van der Waals surface area contributed by atoms with E-state index in [1.165, 1.54) is 0 Å². The molecule has 6 nitrogen and oxygen atoms in total. The van der Waals surface area contributed by atoms with Gasteiger partial charge in [-0.25, -0.2) is 0 Å². The molecule has 0 saturated carbocycles. The summed E-state index contributed by atoms with van der Waals surface area (Å²) in [6.45, 7) is 1.30. The lowest BCUT2D eigenvalue weighted by atomic mass is 10.2. The van der Waals surface area contributed by atoms with Gasteiger partial charge < -0.3 is 28.7 Å². The number of benzene rings is 1. The summed E-state index contributed by atoms with van der Waals surface area (Å²) in [4.78, 5) is 4.19. The molecule has 1 aromatic carbocycles. The first-order valence-corrected chi connectivity index (χ1v) is 7.19. The van der Waals surface area contributed by atoms with Crippen molar-refractivity contribution >= 4 is 11.4 Å². The van der Waals surface area contributed by atoms with Crippen molar-refractivity contribution in [1.29, 1.82) is 0 Å². The number of hydrogen-bond acceptors (Lipinski definition) is 6. The van der Waals surface area contributed by atoms with Gasteiger partial charge in [-0.3, -0.25) is 0 Å². The van der Waals surface area contributed by atoms with Crippen LogP contribution in [0.3, 0.4) is 0 Å². The standard InChI is InChI=1S/C16H28N2O4/c1-17(11-15(19-3)20-4)13-8-7-9-14(10-13)18(2)12-16(21-5)22-6/h7-10,15-16H,11-12H2,1-6H3. The van der Waals surface area contributed by atoms with E-state index < -0.39 is 0 Å². The van der Waals surface area contributed by atoms with E-state index >= 15 is 0 Å². The van der Waals surface area contributed by atoms with Crippen LogP contribution in [0.2, 0.25) is 0 Å². The molecule has 126 valence electrons. The smallest absolute Gasteiger partial charge is 0.174 e. The quantitative estimate of drug-likeness (QED) is 0.614. The van der Waals surface area contributed by atoms with Gasteiger partial charge in [-0.05, 0) is 18.2 Å². The van der Waals surface area contributed by atoms with E-state index in [2.05, 4.69) is 28.0 Å². The molecule has 6 heteroatoms. The molecule has 1 rings (SSSR count). The maximum absolute atomic E-state index is 5.24.